The largest absolute Gasteiger partial charge is 0.381 e. The molecule has 0 bridgehead atoms. The lowest BCUT2D eigenvalue weighted by Gasteiger charge is -2.33. The quantitative estimate of drug-likeness (QED) is 0.625. The van der Waals surface area contributed by atoms with Gasteiger partial charge in [0.05, 0.1) is 14.8 Å². The summed E-state index contributed by atoms with van der Waals surface area (Å²) >= 11 is 0. The standard InChI is InChI=1S/C24H33NSi/c1-17-14-19(18-10-8-7-9-11-18)12-13-20(17)22-15-21(24(2,3)4)23(16-25-22)26(5)6/h8,10-16,22,25-26H,7,9H2,1-6H3. The predicted octanol–water partition coefficient (Wildman–Crippen LogP) is 6.26. The van der Waals surface area contributed by atoms with E-state index < -0.39 is 8.80 Å². The molecule has 0 fully saturated rings. The Morgan fingerprint density at radius 3 is 2.46 bits per heavy atom. The van der Waals surface area contributed by atoms with Crippen LogP contribution in [-0.2, 0) is 0 Å². The van der Waals surface area contributed by atoms with E-state index >= 15 is 0 Å². The van der Waals surface area contributed by atoms with Crippen molar-refractivity contribution in [2.24, 2.45) is 5.41 Å². The van der Waals surface area contributed by atoms with Crippen molar-refractivity contribution in [3.8, 4) is 0 Å². The predicted molar refractivity (Wildman–Crippen MR) is 118 cm³/mol. The first-order chi connectivity index (χ1) is 12.3. The molecule has 0 saturated heterocycles. The van der Waals surface area contributed by atoms with Crippen LogP contribution in [0.15, 0.2) is 59.5 Å². The highest BCUT2D eigenvalue weighted by atomic mass is 28.3. The fourth-order valence-corrected chi connectivity index (χ4v) is 5.52. The van der Waals surface area contributed by atoms with E-state index in [4.69, 9.17) is 0 Å². The van der Waals surface area contributed by atoms with Crippen molar-refractivity contribution >= 4 is 14.4 Å². The van der Waals surface area contributed by atoms with Crippen molar-refractivity contribution < 1.29 is 0 Å². The molecule has 0 radical (unpaired) electrons. The third-order valence-electron chi connectivity index (χ3n) is 5.43. The van der Waals surface area contributed by atoms with Gasteiger partial charge in [0.15, 0.2) is 0 Å². The number of benzene rings is 1. The third kappa shape index (κ3) is 3.96. The molecule has 1 N–H and O–H groups in total. The van der Waals surface area contributed by atoms with E-state index in [1.54, 1.807) is 5.20 Å². The van der Waals surface area contributed by atoms with Crippen LogP contribution >= 0.6 is 0 Å². The maximum Gasteiger partial charge on any atom is 0.0701 e. The number of dihydropyridines is 1. The zero-order valence-electron chi connectivity index (χ0n) is 17.2. The maximum absolute atomic E-state index is 3.68. The van der Waals surface area contributed by atoms with Gasteiger partial charge in [-0.1, -0.05) is 76.4 Å². The summed E-state index contributed by atoms with van der Waals surface area (Å²) in [5.41, 5.74) is 7.17. The lowest BCUT2D eigenvalue weighted by molar-refractivity contribution is 0.502. The van der Waals surface area contributed by atoms with Crippen LogP contribution in [0, 0.1) is 12.3 Å². The van der Waals surface area contributed by atoms with Gasteiger partial charge in [-0.25, -0.2) is 0 Å². The normalized spacial score (nSPS) is 20.4. The summed E-state index contributed by atoms with van der Waals surface area (Å²) in [6.45, 7) is 14.1. The van der Waals surface area contributed by atoms with Crippen LogP contribution in [0.1, 0.15) is 56.3 Å². The van der Waals surface area contributed by atoms with Crippen molar-refractivity contribution in [3.63, 3.8) is 0 Å². The first kappa shape index (κ1) is 19.0. The average molecular weight is 364 g/mol. The van der Waals surface area contributed by atoms with Crippen molar-refractivity contribution in [1.82, 2.24) is 5.32 Å². The zero-order chi connectivity index (χ0) is 18.9. The Morgan fingerprint density at radius 2 is 1.88 bits per heavy atom. The summed E-state index contributed by atoms with van der Waals surface area (Å²) in [5, 5.41) is 5.25. The molecule has 1 nitrogen and oxygen atoms in total. The number of hydrogen-bond donors (Lipinski definition) is 1. The monoisotopic (exact) mass is 363 g/mol. The van der Waals surface area contributed by atoms with E-state index in [1.165, 1.54) is 34.3 Å². The summed E-state index contributed by atoms with van der Waals surface area (Å²) in [6.07, 6.45) is 14.0. The molecule has 1 unspecified atom stereocenters. The first-order valence-corrected chi connectivity index (χ1v) is 12.8. The summed E-state index contributed by atoms with van der Waals surface area (Å²) in [7, 11) is -0.855. The van der Waals surface area contributed by atoms with E-state index in [0.29, 0.717) is 0 Å². The van der Waals surface area contributed by atoms with Crippen LogP contribution in [0.4, 0.5) is 0 Å². The highest BCUT2D eigenvalue weighted by molar-refractivity contribution is 6.65. The molecule has 0 spiro atoms. The van der Waals surface area contributed by atoms with Gasteiger partial charge in [0.2, 0.25) is 0 Å². The molecule has 1 atom stereocenters. The molecule has 138 valence electrons. The fraction of sp³-hybridized carbons (Fsp3) is 0.417. The Hall–Kier alpha value is -1.80. The lowest BCUT2D eigenvalue weighted by Crippen LogP contribution is -2.28. The Kier molecular flexibility index (Phi) is 5.43. The molecule has 0 aromatic heterocycles. The number of nitrogens with one attached hydrogen (secondary N) is 1. The molecule has 3 rings (SSSR count). The Balaban J connectivity index is 1.93. The van der Waals surface area contributed by atoms with Gasteiger partial charge in [-0.3, -0.25) is 0 Å². The van der Waals surface area contributed by atoms with Gasteiger partial charge in [0.1, 0.15) is 0 Å². The minimum absolute atomic E-state index is 0.189. The molecular weight excluding hydrogens is 330 g/mol. The lowest BCUT2D eigenvalue weighted by atomic mass is 9.82. The Morgan fingerprint density at radius 1 is 1.12 bits per heavy atom. The molecule has 1 aliphatic carbocycles. The van der Waals surface area contributed by atoms with Gasteiger partial charge >= 0.3 is 0 Å². The topological polar surface area (TPSA) is 12.0 Å². The van der Waals surface area contributed by atoms with Gasteiger partial charge in [-0.2, -0.15) is 0 Å². The molecule has 2 aliphatic rings. The van der Waals surface area contributed by atoms with Crippen LogP contribution in [0.5, 0.6) is 0 Å². The van der Waals surface area contributed by atoms with E-state index in [-0.39, 0.29) is 11.5 Å². The molecular formula is C24H33NSi. The van der Waals surface area contributed by atoms with Gasteiger partial charge in [0.25, 0.3) is 0 Å². The molecule has 26 heavy (non-hydrogen) atoms. The van der Waals surface area contributed by atoms with Gasteiger partial charge in [0, 0.05) is 0 Å². The second kappa shape index (κ2) is 7.44. The van der Waals surface area contributed by atoms with E-state index in [2.05, 4.69) is 94.8 Å². The van der Waals surface area contributed by atoms with E-state index in [1.807, 2.05) is 0 Å². The molecule has 1 aromatic rings. The fourth-order valence-electron chi connectivity index (χ4n) is 3.94. The highest BCUT2D eigenvalue weighted by Crippen LogP contribution is 2.38. The molecule has 0 amide bonds. The van der Waals surface area contributed by atoms with Crippen LogP contribution in [-0.4, -0.2) is 8.80 Å². The average Bonchev–Trinajstić information content (AvgIpc) is 2.61. The van der Waals surface area contributed by atoms with Gasteiger partial charge < -0.3 is 5.32 Å². The van der Waals surface area contributed by atoms with Gasteiger partial charge in [-0.15, -0.1) is 0 Å². The van der Waals surface area contributed by atoms with Crippen LogP contribution in [0.3, 0.4) is 0 Å². The van der Waals surface area contributed by atoms with E-state index in [0.717, 1.165) is 6.42 Å². The molecule has 1 aliphatic heterocycles. The number of hydrogen-bond acceptors (Lipinski definition) is 1. The first-order valence-electron chi connectivity index (χ1n) is 9.94. The molecule has 0 saturated carbocycles. The van der Waals surface area contributed by atoms with E-state index in [9.17, 15) is 0 Å². The van der Waals surface area contributed by atoms with Crippen molar-refractivity contribution in [3.05, 3.63) is 76.2 Å². The minimum atomic E-state index is -0.855. The smallest absolute Gasteiger partial charge is 0.0701 e. The zero-order valence-corrected chi connectivity index (χ0v) is 18.3. The second-order valence-corrected chi connectivity index (χ2v) is 11.9. The molecule has 2 heteroatoms. The SMILES string of the molecule is Cc1cc(C2=CCCC=C2)ccc1C1C=C(C(C)(C)C)C([SiH](C)C)=CN1. The molecule has 1 heterocycles. The summed E-state index contributed by atoms with van der Waals surface area (Å²) in [5.74, 6) is 0. The number of aryl methyl sites for hydroxylation is 1. The Labute approximate surface area is 161 Å². The van der Waals surface area contributed by atoms with Crippen LogP contribution in [0.25, 0.3) is 5.57 Å². The number of rotatable bonds is 3. The van der Waals surface area contributed by atoms with Crippen LogP contribution in [0.2, 0.25) is 13.1 Å². The minimum Gasteiger partial charge on any atom is -0.381 e. The van der Waals surface area contributed by atoms with Crippen molar-refractivity contribution in [1.29, 1.82) is 0 Å². The summed E-state index contributed by atoms with van der Waals surface area (Å²) in [6, 6.07) is 7.21. The number of allylic oxidation sites excluding steroid dienone is 6. The van der Waals surface area contributed by atoms with Crippen molar-refractivity contribution in [2.45, 2.75) is 59.7 Å². The third-order valence-corrected chi connectivity index (χ3v) is 7.15. The highest BCUT2D eigenvalue weighted by Gasteiger charge is 2.27. The summed E-state index contributed by atoms with van der Waals surface area (Å²) < 4.78 is 0. The molecule has 1 aromatic carbocycles. The van der Waals surface area contributed by atoms with Crippen LogP contribution < -0.4 is 5.32 Å². The maximum atomic E-state index is 3.68. The van der Waals surface area contributed by atoms with Crippen molar-refractivity contribution in [2.75, 3.05) is 0 Å². The Bertz CT molecular complexity index is 800. The summed E-state index contributed by atoms with van der Waals surface area (Å²) in [4.78, 5) is 0. The second-order valence-electron chi connectivity index (χ2n) is 8.94. The van der Waals surface area contributed by atoms with Gasteiger partial charge in [-0.05, 0) is 64.4 Å².